The molecule has 1 aromatic rings. The van der Waals surface area contributed by atoms with Crippen LogP contribution in [0.3, 0.4) is 0 Å². The first kappa shape index (κ1) is 18.7. The van der Waals surface area contributed by atoms with E-state index < -0.39 is 0 Å². The van der Waals surface area contributed by atoms with Gasteiger partial charge in [-0.2, -0.15) is 0 Å². The molecule has 2 atom stereocenters. The number of nitrogens with one attached hydrogen (secondary N) is 2. The second-order valence-electron chi connectivity index (χ2n) is 6.49. The summed E-state index contributed by atoms with van der Waals surface area (Å²) in [4.78, 5) is 6.86. The number of guanidine groups is 1. The van der Waals surface area contributed by atoms with E-state index in [0.29, 0.717) is 12.1 Å². The van der Waals surface area contributed by atoms with E-state index in [0.717, 1.165) is 45.2 Å². The van der Waals surface area contributed by atoms with Crippen LogP contribution in [0, 0.1) is 6.92 Å². The van der Waals surface area contributed by atoms with Crippen molar-refractivity contribution < 1.29 is 4.74 Å². The molecule has 5 nitrogen and oxygen atoms in total. The van der Waals surface area contributed by atoms with Gasteiger partial charge in [-0.05, 0) is 25.8 Å². The zero-order valence-corrected chi connectivity index (χ0v) is 15.5. The molecule has 0 aromatic heterocycles. The van der Waals surface area contributed by atoms with E-state index in [4.69, 9.17) is 4.74 Å². The van der Waals surface area contributed by atoms with E-state index in [1.54, 1.807) is 0 Å². The molecule has 2 rings (SSSR count). The minimum atomic E-state index is 0.323. The number of hydrogen-bond acceptors (Lipinski definition) is 3. The first-order valence-electron chi connectivity index (χ1n) is 8.99. The van der Waals surface area contributed by atoms with Gasteiger partial charge in [0.05, 0.1) is 19.3 Å². The predicted octanol–water partition coefficient (Wildman–Crippen LogP) is 2.33. The molecule has 0 radical (unpaired) electrons. The van der Waals surface area contributed by atoms with Crippen molar-refractivity contribution in [3.05, 3.63) is 35.4 Å². The van der Waals surface area contributed by atoms with Crippen LogP contribution < -0.4 is 10.6 Å². The van der Waals surface area contributed by atoms with Crippen molar-refractivity contribution in [2.24, 2.45) is 4.99 Å². The molecule has 2 unspecified atom stereocenters. The smallest absolute Gasteiger partial charge is 0.191 e. The highest BCUT2D eigenvalue weighted by Gasteiger charge is 2.23. The first-order valence-corrected chi connectivity index (χ1v) is 8.99. The number of aliphatic imine (C=N–C) groups is 1. The van der Waals surface area contributed by atoms with Crippen LogP contribution in [-0.2, 0) is 4.74 Å². The summed E-state index contributed by atoms with van der Waals surface area (Å²) < 4.78 is 5.53. The van der Waals surface area contributed by atoms with Crippen molar-refractivity contribution >= 4 is 5.96 Å². The molecule has 0 spiro atoms. The van der Waals surface area contributed by atoms with Gasteiger partial charge in [0, 0.05) is 32.7 Å². The molecule has 1 heterocycles. The number of ether oxygens (including phenoxy) is 1. The summed E-state index contributed by atoms with van der Waals surface area (Å²) >= 11 is 0. The maximum Gasteiger partial charge on any atom is 0.191 e. The quantitative estimate of drug-likeness (QED) is 0.620. The predicted molar refractivity (Wildman–Crippen MR) is 101 cm³/mol. The molecule has 1 aromatic carbocycles. The Hall–Kier alpha value is -1.59. The van der Waals surface area contributed by atoms with E-state index in [2.05, 4.69) is 65.6 Å². The molecular weight excluding hydrogens is 300 g/mol. The summed E-state index contributed by atoms with van der Waals surface area (Å²) in [6.07, 6.45) is 1.07. The van der Waals surface area contributed by atoms with E-state index in [-0.39, 0.29) is 0 Å². The number of hydrogen-bond donors (Lipinski definition) is 2. The highest BCUT2D eigenvalue weighted by Crippen LogP contribution is 2.22. The highest BCUT2D eigenvalue weighted by atomic mass is 16.5. The van der Waals surface area contributed by atoms with E-state index in [9.17, 15) is 0 Å². The summed E-state index contributed by atoms with van der Waals surface area (Å²) in [7, 11) is 1.83. The topological polar surface area (TPSA) is 48.9 Å². The maximum absolute atomic E-state index is 5.53. The SMILES string of the molecule is CCC(C)NC(=NC)NCC(c1cccc(C)c1)N1CCOCC1. The van der Waals surface area contributed by atoms with Crippen LogP contribution in [0.1, 0.15) is 37.4 Å². The second kappa shape index (κ2) is 9.64. The second-order valence-corrected chi connectivity index (χ2v) is 6.49. The van der Waals surface area contributed by atoms with Crippen molar-refractivity contribution in [2.45, 2.75) is 39.3 Å². The number of rotatable bonds is 6. The summed E-state index contributed by atoms with van der Waals surface area (Å²) in [6.45, 7) is 10.9. The van der Waals surface area contributed by atoms with Gasteiger partial charge in [-0.1, -0.05) is 36.8 Å². The minimum absolute atomic E-state index is 0.323. The molecule has 24 heavy (non-hydrogen) atoms. The zero-order valence-electron chi connectivity index (χ0n) is 15.5. The van der Waals surface area contributed by atoms with Crippen LogP contribution in [-0.4, -0.2) is 56.8 Å². The summed E-state index contributed by atoms with van der Waals surface area (Å²) in [5.41, 5.74) is 2.65. The molecule has 1 fully saturated rings. The maximum atomic E-state index is 5.53. The fourth-order valence-electron chi connectivity index (χ4n) is 2.95. The molecule has 1 aliphatic heterocycles. The Morgan fingerprint density at radius 1 is 1.33 bits per heavy atom. The van der Waals surface area contributed by atoms with Crippen LogP contribution in [0.4, 0.5) is 0 Å². The van der Waals surface area contributed by atoms with Crippen LogP contribution in [0.2, 0.25) is 0 Å². The molecule has 5 heteroatoms. The van der Waals surface area contributed by atoms with Crippen LogP contribution in [0.15, 0.2) is 29.3 Å². The fraction of sp³-hybridized carbons (Fsp3) is 0.632. The van der Waals surface area contributed by atoms with Gasteiger partial charge in [0.15, 0.2) is 5.96 Å². The third-order valence-electron chi connectivity index (χ3n) is 4.60. The van der Waals surface area contributed by atoms with Gasteiger partial charge in [0.2, 0.25) is 0 Å². The van der Waals surface area contributed by atoms with E-state index in [1.165, 1.54) is 11.1 Å². The minimum Gasteiger partial charge on any atom is -0.379 e. The van der Waals surface area contributed by atoms with Crippen LogP contribution >= 0.6 is 0 Å². The van der Waals surface area contributed by atoms with E-state index >= 15 is 0 Å². The summed E-state index contributed by atoms with van der Waals surface area (Å²) in [5.74, 6) is 0.871. The first-order chi connectivity index (χ1) is 11.6. The Morgan fingerprint density at radius 3 is 2.71 bits per heavy atom. The molecule has 1 saturated heterocycles. The van der Waals surface area contributed by atoms with E-state index in [1.807, 2.05) is 7.05 Å². The lowest BCUT2D eigenvalue weighted by atomic mass is 10.0. The summed E-state index contributed by atoms with van der Waals surface area (Å²) in [5, 5.41) is 6.94. The van der Waals surface area contributed by atoms with Crippen molar-refractivity contribution in [3.63, 3.8) is 0 Å². The Balaban J connectivity index is 2.08. The third kappa shape index (κ3) is 5.49. The van der Waals surface area contributed by atoms with Crippen LogP contribution in [0.25, 0.3) is 0 Å². The Bertz CT molecular complexity index is 526. The summed E-state index contributed by atoms with van der Waals surface area (Å²) in [6, 6.07) is 9.54. The lowest BCUT2D eigenvalue weighted by Gasteiger charge is -2.35. The highest BCUT2D eigenvalue weighted by molar-refractivity contribution is 5.79. The molecule has 134 valence electrons. The van der Waals surface area contributed by atoms with Crippen molar-refractivity contribution in [1.29, 1.82) is 0 Å². The fourth-order valence-corrected chi connectivity index (χ4v) is 2.95. The number of benzene rings is 1. The van der Waals surface area contributed by atoms with Gasteiger partial charge in [-0.3, -0.25) is 9.89 Å². The molecular formula is C19H32N4O. The number of morpholine rings is 1. The molecule has 0 bridgehead atoms. The Morgan fingerprint density at radius 2 is 2.08 bits per heavy atom. The van der Waals surface area contributed by atoms with Gasteiger partial charge in [-0.15, -0.1) is 0 Å². The molecule has 0 saturated carbocycles. The largest absolute Gasteiger partial charge is 0.379 e. The Labute approximate surface area is 146 Å². The monoisotopic (exact) mass is 332 g/mol. The lowest BCUT2D eigenvalue weighted by molar-refractivity contribution is 0.0170. The molecule has 0 aliphatic carbocycles. The molecule has 0 amide bonds. The normalized spacial score (nSPS) is 18.9. The molecule has 2 N–H and O–H groups in total. The van der Waals surface area contributed by atoms with Gasteiger partial charge in [0.1, 0.15) is 0 Å². The van der Waals surface area contributed by atoms with Gasteiger partial charge < -0.3 is 15.4 Å². The molecule has 1 aliphatic rings. The van der Waals surface area contributed by atoms with Crippen molar-refractivity contribution in [3.8, 4) is 0 Å². The van der Waals surface area contributed by atoms with Crippen LogP contribution in [0.5, 0.6) is 0 Å². The van der Waals surface area contributed by atoms with Crippen molar-refractivity contribution in [1.82, 2.24) is 15.5 Å². The lowest BCUT2D eigenvalue weighted by Crippen LogP contribution is -2.47. The average Bonchev–Trinajstić information content (AvgIpc) is 2.61. The number of aryl methyl sites for hydroxylation is 1. The zero-order chi connectivity index (χ0) is 17.4. The number of nitrogens with zero attached hydrogens (tertiary/aromatic N) is 2. The standard InChI is InChI=1S/C19H32N4O/c1-5-16(3)22-19(20-4)21-14-18(23-9-11-24-12-10-23)17-8-6-7-15(2)13-17/h6-8,13,16,18H,5,9-12,14H2,1-4H3,(H2,20,21,22). The van der Waals surface area contributed by atoms with Gasteiger partial charge >= 0.3 is 0 Å². The van der Waals surface area contributed by atoms with Gasteiger partial charge in [0.25, 0.3) is 0 Å². The van der Waals surface area contributed by atoms with Crippen molar-refractivity contribution in [2.75, 3.05) is 39.9 Å². The Kier molecular flexibility index (Phi) is 7.53. The average molecular weight is 332 g/mol. The van der Waals surface area contributed by atoms with Gasteiger partial charge in [-0.25, -0.2) is 0 Å². The third-order valence-corrected chi connectivity index (χ3v) is 4.60.